The lowest BCUT2D eigenvalue weighted by atomic mass is 9.89. The van der Waals surface area contributed by atoms with Crippen LogP contribution in [-0.2, 0) is 4.74 Å². The quantitative estimate of drug-likeness (QED) is 0.462. The molecular formula is C24H20O4. The summed E-state index contributed by atoms with van der Waals surface area (Å²) in [5, 5.41) is 25.3. The molecular weight excluding hydrogens is 352 g/mol. The first kappa shape index (κ1) is 17.9. The molecule has 140 valence electrons. The minimum absolute atomic E-state index is 0.0835. The third kappa shape index (κ3) is 2.74. The SMILES string of the molecule is CCOC(=O)c1cc2ccccc2c(-c2c(O)c(C)cc3ccccc23)c1O. The van der Waals surface area contributed by atoms with Crippen molar-refractivity contribution in [2.24, 2.45) is 0 Å². The maximum absolute atomic E-state index is 12.5. The molecule has 0 aliphatic carbocycles. The fourth-order valence-electron chi connectivity index (χ4n) is 3.68. The molecule has 0 spiro atoms. The van der Waals surface area contributed by atoms with E-state index in [-0.39, 0.29) is 23.7 Å². The molecule has 28 heavy (non-hydrogen) atoms. The molecule has 0 saturated carbocycles. The summed E-state index contributed by atoms with van der Waals surface area (Å²) in [7, 11) is 0. The Morgan fingerprint density at radius 3 is 2.00 bits per heavy atom. The number of rotatable bonds is 3. The van der Waals surface area contributed by atoms with Gasteiger partial charge in [-0.05, 0) is 53.1 Å². The lowest BCUT2D eigenvalue weighted by Gasteiger charge is -2.17. The van der Waals surface area contributed by atoms with Crippen molar-refractivity contribution < 1.29 is 19.7 Å². The van der Waals surface area contributed by atoms with Gasteiger partial charge in [-0.15, -0.1) is 0 Å². The monoisotopic (exact) mass is 372 g/mol. The van der Waals surface area contributed by atoms with Crippen LogP contribution in [0.2, 0.25) is 0 Å². The molecule has 0 aliphatic heterocycles. The number of phenols is 2. The van der Waals surface area contributed by atoms with Crippen LogP contribution >= 0.6 is 0 Å². The number of ether oxygens (including phenoxy) is 1. The smallest absolute Gasteiger partial charge is 0.341 e. The molecule has 0 unspecified atom stereocenters. The number of hydrogen-bond acceptors (Lipinski definition) is 4. The largest absolute Gasteiger partial charge is 0.507 e. The van der Waals surface area contributed by atoms with E-state index in [4.69, 9.17) is 4.74 Å². The first-order valence-electron chi connectivity index (χ1n) is 9.16. The van der Waals surface area contributed by atoms with Crippen LogP contribution in [-0.4, -0.2) is 22.8 Å². The van der Waals surface area contributed by atoms with Crippen molar-refractivity contribution in [1.82, 2.24) is 0 Å². The molecule has 4 aromatic rings. The van der Waals surface area contributed by atoms with Gasteiger partial charge in [0.2, 0.25) is 0 Å². The van der Waals surface area contributed by atoms with Crippen LogP contribution in [0, 0.1) is 6.92 Å². The van der Waals surface area contributed by atoms with Gasteiger partial charge in [0.05, 0.1) is 6.61 Å². The van der Waals surface area contributed by atoms with E-state index in [1.165, 1.54) is 0 Å². The average Bonchev–Trinajstić information content (AvgIpc) is 2.70. The van der Waals surface area contributed by atoms with E-state index < -0.39 is 5.97 Å². The maximum Gasteiger partial charge on any atom is 0.341 e. The Kier molecular flexibility index (Phi) is 4.40. The van der Waals surface area contributed by atoms with Crippen molar-refractivity contribution in [1.29, 1.82) is 0 Å². The van der Waals surface area contributed by atoms with E-state index in [1.807, 2.05) is 61.5 Å². The summed E-state index contributed by atoms with van der Waals surface area (Å²) in [5.41, 5.74) is 1.72. The van der Waals surface area contributed by atoms with Gasteiger partial charge >= 0.3 is 5.97 Å². The number of carbonyl (C=O) groups excluding carboxylic acids is 1. The lowest BCUT2D eigenvalue weighted by molar-refractivity contribution is 0.0523. The highest BCUT2D eigenvalue weighted by Crippen LogP contribution is 2.47. The van der Waals surface area contributed by atoms with Gasteiger partial charge in [-0.25, -0.2) is 4.79 Å². The molecule has 0 aliphatic rings. The number of aryl methyl sites for hydroxylation is 1. The van der Waals surface area contributed by atoms with E-state index in [0.29, 0.717) is 16.7 Å². The third-order valence-corrected chi connectivity index (χ3v) is 4.98. The molecule has 2 N–H and O–H groups in total. The predicted molar refractivity (Wildman–Crippen MR) is 111 cm³/mol. The van der Waals surface area contributed by atoms with Gasteiger partial charge in [0.25, 0.3) is 0 Å². The Labute approximate surface area is 162 Å². The van der Waals surface area contributed by atoms with Gasteiger partial charge in [-0.2, -0.15) is 0 Å². The number of aromatic hydroxyl groups is 2. The number of carbonyl (C=O) groups is 1. The first-order valence-corrected chi connectivity index (χ1v) is 9.16. The topological polar surface area (TPSA) is 66.8 Å². The Hall–Kier alpha value is -3.53. The van der Waals surface area contributed by atoms with Crippen molar-refractivity contribution in [3.63, 3.8) is 0 Å². The molecule has 0 heterocycles. The third-order valence-electron chi connectivity index (χ3n) is 4.98. The highest BCUT2D eigenvalue weighted by molar-refractivity contribution is 6.13. The molecule has 4 nitrogen and oxygen atoms in total. The summed E-state index contributed by atoms with van der Waals surface area (Å²) < 4.78 is 5.13. The standard InChI is InChI=1S/C24H20O4/c1-3-28-24(27)19-13-16-9-5-7-11-18(16)21(23(19)26)20-17-10-6-4-8-15(17)12-14(2)22(20)25/h4-13,25-26H,3H2,1-2H3. The van der Waals surface area contributed by atoms with E-state index in [0.717, 1.165) is 21.5 Å². The van der Waals surface area contributed by atoms with Crippen LogP contribution < -0.4 is 0 Å². The number of benzene rings is 4. The second-order valence-corrected chi connectivity index (χ2v) is 6.73. The van der Waals surface area contributed by atoms with E-state index in [9.17, 15) is 15.0 Å². The van der Waals surface area contributed by atoms with Crippen LogP contribution in [0.4, 0.5) is 0 Å². The van der Waals surface area contributed by atoms with Gasteiger partial charge in [0.15, 0.2) is 0 Å². The summed E-state index contributed by atoms with van der Waals surface area (Å²) in [6.07, 6.45) is 0. The van der Waals surface area contributed by atoms with Crippen LogP contribution in [0.1, 0.15) is 22.8 Å². The molecule has 0 bridgehead atoms. The number of hydrogen-bond donors (Lipinski definition) is 2. The fourth-order valence-corrected chi connectivity index (χ4v) is 3.68. The van der Waals surface area contributed by atoms with Crippen LogP contribution in [0.5, 0.6) is 11.5 Å². The predicted octanol–water partition coefficient (Wildman–Crippen LogP) is 5.56. The molecule has 4 heteroatoms. The second-order valence-electron chi connectivity index (χ2n) is 6.73. The average molecular weight is 372 g/mol. The van der Waals surface area contributed by atoms with Crippen molar-refractivity contribution in [3.8, 4) is 22.6 Å². The molecule has 4 rings (SSSR count). The maximum atomic E-state index is 12.5. The normalized spacial score (nSPS) is 11.1. The zero-order valence-corrected chi connectivity index (χ0v) is 15.7. The van der Waals surface area contributed by atoms with Crippen molar-refractivity contribution in [3.05, 3.63) is 71.8 Å². The zero-order chi connectivity index (χ0) is 19.8. The summed E-state index contributed by atoms with van der Waals surface area (Å²) in [5.74, 6) is -0.702. The highest BCUT2D eigenvalue weighted by Gasteiger charge is 2.24. The van der Waals surface area contributed by atoms with Gasteiger partial charge in [0.1, 0.15) is 17.1 Å². The van der Waals surface area contributed by atoms with Crippen LogP contribution in [0.25, 0.3) is 32.7 Å². The molecule has 0 fully saturated rings. The molecule has 0 aromatic heterocycles. The van der Waals surface area contributed by atoms with Crippen molar-refractivity contribution in [2.75, 3.05) is 6.61 Å². The van der Waals surface area contributed by atoms with E-state index in [1.54, 1.807) is 13.0 Å². The minimum atomic E-state index is -0.594. The minimum Gasteiger partial charge on any atom is -0.507 e. The van der Waals surface area contributed by atoms with Gasteiger partial charge in [-0.3, -0.25) is 0 Å². The molecule has 0 radical (unpaired) electrons. The molecule has 4 aromatic carbocycles. The summed E-state index contributed by atoms with van der Waals surface area (Å²) >= 11 is 0. The number of phenolic OH excluding ortho intramolecular Hbond substituents is 2. The molecule has 0 amide bonds. The molecule has 0 atom stereocenters. The Morgan fingerprint density at radius 2 is 1.39 bits per heavy atom. The number of esters is 1. The van der Waals surface area contributed by atoms with Crippen molar-refractivity contribution >= 4 is 27.5 Å². The Balaban J connectivity index is 2.18. The fraction of sp³-hybridized carbons (Fsp3) is 0.125. The van der Waals surface area contributed by atoms with Gasteiger partial charge in [-0.1, -0.05) is 48.5 Å². The summed E-state index contributed by atoms with van der Waals surface area (Å²) in [6, 6.07) is 18.7. The first-order chi connectivity index (χ1) is 13.5. The second kappa shape index (κ2) is 6.89. The highest BCUT2D eigenvalue weighted by atomic mass is 16.5. The van der Waals surface area contributed by atoms with Crippen LogP contribution in [0.3, 0.4) is 0 Å². The van der Waals surface area contributed by atoms with E-state index in [2.05, 4.69) is 0 Å². The lowest BCUT2D eigenvalue weighted by Crippen LogP contribution is -2.06. The zero-order valence-electron chi connectivity index (χ0n) is 15.7. The van der Waals surface area contributed by atoms with Crippen LogP contribution in [0.15, 0.2) is 60.7 Å². The summed E-state index contributed by atoms with van der Waals surface area (Å²) in [6.45, 7) is 3.75. The molecule has 0 saturated heterocycles. The van der Waals surface area contributed by atoms with Gasteiger partial charge in [0, 0.05) is 11.1 Å². The summed E-state index contributed by atoms with van der Waals surface area (Å²) in [4.78, 5) is 12.5. The Bertz CT molecular complexity index is 1220. The Morgan fingerprint density at radius 1 is 0.857 bits per heavy atom. The number of fused-ring (bicyclic) bond motifs is 2. The van der Waals surface area contributed by atoms with Crippen molar-refractivity contribution in [2.45, 2.75) is 13.8 Å². The van der Waals surface area contributed by atoms with E-state index >= 15 is 0 Å². The van der Waals surface area contributed by atoms with Gasteiger partial charge < -0.3 is 14.9 Å².